The van der Waals surface area contributed by atoms with E-state index in [1.807, 2.05) is 36.4 Å². The summed E-state index contributed by atoms with van der Waals surface area (Å²) in [4.78, 5) is 23.9. The lowest BCUT2D eigenvalue weighted by Gasteiger charge is -2.07. The molecule has 1 aromatic heterocycles. The molecule has 0 bridgehead atoms. The van der Waals surface area contributed by atoms with Gasteiger partial charge in [-0.05, 0) is 35.1 Å². The number of hydrogen-bond acceptors (Lipinski definition) is 4. The van der Waals surface area contributed by atoms with Gasteiger partial charge in [-0.1, -0.05) is 30.3 Å². The second-order valence-corrected chi connectivity index (χ2v) is 5.52. The number of H-pyrrole nitrogens is 1. The van der Waals surface area contributed by atoms with Gasteiger partial charge in [-0.25, -0.2) is 4.68 Å². The van der Waals surface area contributed by atoms with Gasteiger partial charge < -0.3 is 5.32 Å². The summed E-state index contributed by atoms with van der Waals surface area (Å²) >= 11 is 4.92. The van der Waals surface area contributed by atoms with Crippen molar-refractivity contribution in [2.75, 3.05) is 12.0 Å². The van der Waals surface area contributed by atoms with Crippen molar-refractivity contribution in [2.45, 2.75) is 6.42 Å². The van der Waals surface area contributed by atoms with Crippen LogP contribution in [0.5, 0.6) is 0 Å². The average Bonchev–Trinajstić information content (AvgIpc) is 2.99. The van der Waals surface area contributed by atoms with Crippen LogP contribution in [0, 0.1) is 4.77 Å². The molecule has 0 radical (unpaired) electrons. The summed E-state index contributed by atoms with van der Waals surface area (Å²) in [6, 6.07) is 13.3. The van der Waals surface area contributed by atoms with E-state index in [9.17, 15) is 9.59 Å². The molecule has 0 unspecified atom stereocenters. The molecule has 8 heteroatoms. The lowest BCUT2D eigenvalue weighted by atomic mass is 10.1. The Bertz CT molecular complexity index is 947. The maximum Gasteiger partial charge on any atom is 0.251 e. The molecule has 2 aromatic carbocycles. The Morgan fingerprint density at radius 3 is 2.71 bits per heavy atom. The van der Waals surface area contributed by atoms with E-state index in [0.717, 1.165) is 10.8 Å². The summed E-state index contributed by atoms with van der Waals surface area (Å²) in [5, 5.41) is 11.0. The standard InChI is InChI=1S/C16H15N5O2S/c22-14(20-21-10-18-19-16(21)24)7-8-17-15(23)13-6-5-11-3-1-2-4-12(11)9-13/h1-6,9-10H,7-8H2,(H,17,23)(H,19,24)(H,20,22). The van der Waals surface area contributed by atoms with Crippen LogP contribution in [0.3, 0.4) is 0 Å². The van der Waals surface area contributed by atoms with E-state index in [-0.39, 0.29) is 24.8 Å². The van der Waals surface area contributed by atoms with Gasteiger partial charge in [0, 0.05) is 18.5 Å². The van der Waals surface area contributed by atoms with Crippen molar-refractivity contribution in [3.8, 4) is 0 Å². The summed E-state index contributed by atoms with van der Waals surface area (Å²) < 4.78 is 1.60. The van der Waals surface area contributed by atoms with Gasteiger partial charge in [0.25, 0.3) is 5.91 Å². The predicted octanol–water partition coefficient (Wildman–Crippen LogP) is 1.98. The largest absolute Gasteiger partial charge is 0.352 e. The molecule has 0 aliphatic carbocycles. The minimum absolute atomic E-state index is 0.131. The molecule has 3 aromatic rings. The lowest BCUT2D eigenvalue weighted by molar-refractivity contribution is -0.117. The Balaban J connectivity index is 1.54. The number of aromatic nitrogens is 3. The minimum Gasteiger partial charge on any atom is -0.352 e. The molecule has 0 spiro atoms. The number of nitrogens with zero attached hydrogens (tertiary/aromatic N) is 2. The predicted molar refractivity (Wildman–Crippen MR) is 92.7 cm³/mol. The molecular weight excluding hydrogens is 326 g/mol. The summed E-state index contributed by atoms with van der Waals surface area (Å²) in [6.07, 6.45) is 1.50. The Hall–Kier alpha value is -3.00. The van der Waals surface area contributed by atoms with Crippen molar-refractivity contribution in [3.05, 3.63) is 59.1 Å². The van der Waals surface area contributed by atoms with E-state index < -0.39 is 0 Å². The van der Waals surface area contributed by atoms with Crippen molar-refractivity contribution < 1.29 is 9.59 Å². The number of carbonyl (C=O) groups excluding carboxylic acids is 2. The van der Waals surface area contributed by atoms with Gasteiger partial charge in [0.1, 0.15) is 6.33 Å². The Morgan fingerprint density at radius 1 is 1.17 bits per heavy atom. The fourth-order valence-corrected chi connectivity index (χ4v) is 2.39. The number of rotatable bonds is 5. The molecule has 0 saturated heterocycles. The molecule has 0 aliphatic rings. The molecule has 0 aliphatic heterocycles. The van der Waals surface area contributed by atoms with Crippen LogP contribution in [-0.4, -0.2) is 33.2 Å². The van der Waals surface area contributed by atoms with Gasteiger partial charge in [-0.2, -0.15) is 5.10 Å². The van der Waals surface area contributed by atoms with Crippen LogP contribution >= 0.6 is 12.2 Å². The number of aromatic amines is 1. The highest BCUT2D eigenvalue weighted by Gasteiger charge is 2.08. The van der Waals surface area contributed by atoms with Gasteiger partial charge >= 0.3 is 0 Å². The zero-order chi connectivity index (χ0) is 16.9. The van der Waals surface area contributed by atoms with Crippen LogP contribution in [-0.2, 0) is 4.79 Å². The molecule has 3 rings (SSSR count). The number of carbonyl (C=O) groups is 2. The number of amides is 2. The smallest absolute Gasteiger partial charge is 0.251 e. The first kappa shape index (κ1) is 15.9. The monoisotopic (exact) mass is 341 g/mol. The topological polar surface area (TPSA) is 91.8 Å². The van der Waals surface area contributed by atoms with Gasteiger partial charge in [0.15, 0.2) is 0 Å². The fraction of sp³-hybridized carbons (Fsp3) is 0.125. The second kappa shape index (κ2) is 7.05. The first-order valence-corrected chi connectivity index (χ1v) is 7.73. The van der Waals surface area contributed by atoms with Crippen molar-refractivity contribution in [1.29, 1.82) is 0 Å². The van der Waals surface area contributed by atoms with E-state index in [1.54, 1.807) is 6.07 Å². The summed E-state index contributed by atoms with van der Waals surface area (Å²) in [5.41, 5.74) is 3.12. The van der Waals surface area contributed by atoms with Crippen LogP contribution in [0.2, 0.25) is 0 Å². The zero-order valence-electron chi connectivity index (χ0n) is 12.7. The van der Waals surface area contributed by atoms with Gasteiger partial charge in [-0.15, -0.1) is 0 Å². The molecule has 1 heterocycles. The van der Waals surface area contributed by atoms with Crippen LogP contribution in [0.1, 0.15) is 16.8 Å². The molecule has 7 nitrogen and oxygen atoms in total. The minimum atomic E-state index is -0.272. The van der Waals surface area contributed by atoms with Crippen molar-refractivity contribution in [3.63, 3.8) is 0 Å². The molecule has 2 amide bonds. The van der Waals surface area contributed by atoms with Crippen molar-refractivity contribution >= 4 is 34.8 Å². The quantitative estimate of drug-likeness (QED) is 0.619. The van der Waals surface area contributed by atoms with Crippen LogP contribution in [0.15, 0.2) is 48.8 Å². The summed E-state index contributed by atoms with van der Waals surface area (Å²) in [6.45, 7) is 0.225. The number of benzene rings is 2. The zero-order valence-corrected chi connectivity index (χ0v) is 13.5. The van der Waals surface area contributed by atoms with Gasteiger partial charge in [0.05, 0.1) is 0 Å². The number of hydrogen-bond donors (Lipinski definition) is 3. The highest BCUT2D eigenvalue weighted by Crippen LogP contribution is 2.15. The second-order valence-electron chi connectivity index (χ2n) is 5.13. The van der Waals surface area contributed by atoms with E-state index in [4.69, 9.17) is 12.2 Å². The third kappa shape index (κ3) is 3.66. The molecule has 0 saturated carbocycles. The molecule has 24 heavy (non-hydrogen) atoms. The fourth-order valence-electron chi connectivity index (χ4n) is 2.24. The SMILES string of the molecule is O=C(CCNC(=O)c1ccc2ccccc2c1)Nn1cn[nH]c1=S. The maximum absolute atomic E-state index is 12.2. The molecular formula is C16H15N5O2S. The molecule has 0 fully saturated rings. The highest BCUT2D eigenvalue weighted by atomic mass is 32.1. The third-order valence-corrected chi connectivity index (χ3v) is 3.73. The maximum atomic E-state index is 12.2. The normalized spacial score (nSPS) is 10.5. The van der Waals surface area contributed by atoms with Crippen LogP contribution < -0.4 is 10.7 Å². The van der Waals surface area contributed by atoms with Gasteiger partial charge in [-0.3, -0.25) is 20.1 Å². The van der Waals surface area contributed by atoms with E-state index in [1.165, 1.54) is 11.0 Å². The van der Waals surface area contributed by atoms with Crippen LogP contribution in [0.4, 0.5) is 0 Å². The summed E-state index contributed by atoms with van der Waals surface area (Å²) in [5.74, 6) is -0.486. The number of fused-ring (bicyclic) bond motifs is 1. The Kier molecular flexibility index (Phi) is 4.66. The first-order chi connectivity index (χ1) is 11.6. The third-order valence-electron chi connectivity index (χ3n) is 3.45. The van der Waals surface area contributed by atoms with E-state index in [0.29, 0.717) is 10.3 Å². The highest BCUT2D eigenvalue weighted by molar-refractivity contribution is 7.71. The van der Waals surface area contributed by atoms with Gasteiger partial charge in [0.2, 0.25) is 10.7 Å². The number of nitrogens with one attached hydrogen (secondary N) is 3. The van der Waals surface area contributed by atoms with E-state index >= 15 is 0 Å². The lowest BCUT2D eigenvalue weighted by Crippen LogP contribution is -2.30. The molecule has 3 N–H and O–H groups in total. The summed E-state index contributed by atoms with van der Waals surface area (Å²) in [7, 11) is 0. The van der Waals surface area contributed by atoms with Crippen molar-refractivity contribution in [2.24, 2.45) is 0 Å². The molecule has 0 atom stereocenters. The average molecular weight is 341 g/mol. The Morgan fingerprint density at radius 2 is 1.96 bits per heavy atom. The Labute approximate surface area is 142 Å². The molecule has 122 valence electrons. The van der Waals surface area contributed by atoms with E-state index in [2.05, 4.69) is 20.9 Å². The van der Waals surface area contributed by atoms with Crippen molar-refractivity contribution in [1.82, 2.24) is 20.2 Å². The van der Waals surface area contributed by atoms with Crippen LogP contribution in [0.25, 0.3) is 10.8 Å². The first-order valence-electron chi connectivity index (χ1n) is 7.32.